The highest BCUT2D eigenvalue weighted by atomic mass is 16.5. The van der Waals surface area contributed by atoms with E-state index in [4.69, 9.17) is 9.26 Å². The fraction of sp³-hybridized carbons (Fsp3) is 0.429. The van der Waals surface area contributed by atoms with Crippen LogP contribution in [-0.4, -0.2) is 23.3 Å². The zero-order valence-electron chi connectivity index (χ0n) is 11.0. The highest BCUT2D eigenvalue weighted by molar-refractivity contribution is 5.39. The van der Waals surface area contributed by atoms with Gasteiger partial charge in [-0.25, -0.2) is 0 Å². The van der Waals surface area contributed by atoms with Gasteiger partial charge in [-0.15, -0.1) is 0 Å². The third-order valence-corrected chi connectivity index (χ3v) is 3.20. The molecule has 1 aromatic carbocycles. The summed E-state index contributed by atoms with van der Waals surface area (Å²) in [4.78, 5) is 4.15. The number of aryl methyl sites for hydroxylation is 1. The number of aromatic nitrogens is 2. The topological polar surface area (TPSA) is 60.2 Å². The van der Waals surface area contributed by atoms with Crippen LogP contribution in [0.5, 0.6) is 5.75 Å². The number of rotatable bonds is 5. The van der Waals surface area contributed by atoms with E-state index in [1.807, 2.05) is 0 Å². The minimum absolute atomic E-state index is 0.607. The summed E-state index contributed by atoms with van der Waals surface area (Å²) in [6.07, 6.45) is 2.02. The zero-order valence-corrected chi connectivity index (χ0v) is 11.0. The van der Waals surface area contributed by atoms with E-state index in [2.05, 4.69) is 33.7 Å². The summed E-state index contributed by atoms with van der Waals surface area (Å²) in [5, 5.41) is 7.16. The molecule has 1 N–H and O–H groups in total. The summed E-state index contributed by atoms with van der Waals surface area (Å²) in [5.74, 6) is 2.36. The number of ether oxygens (including phenoxy) is 1. The molecule has 1 aliphatic heterocycles. The summed E-state index contributed by atoms with van der Waals surface area (Å²) in [5.41, 5.74) is 2.66. The van der Waals surface area contributed by atoms with Crippen molar-refractivity contribution in [3.8, 4) is 5.75 Å². The van der Waals surface area contributed by atoms with Crippen molar-refractivity contribution in [1.82, 2.24) is 15.5 Å². The van der Waals surface area contributed by atoms with Gasteiger partial charge in [-0.1, -0.05) is 17.3 Å². The smallest absolute Gasteiger partial charge is 0.223 e. The predicted molar refractivity (Wildman–Crippen MR) is 70.1 cm³/mol. The molecule has 0 saturated heterocycles. The van der Waals surface area contributed by atoms with Crippen molar-refractivity contribution < 1.29 is 9.26 Å². The number of hydrogen-bond donors (Lipinski definition) is 1. The molecule has 0 fully saturated rings. The molecule has 0 bridgehead atoms. The molecule has 3 rings (SSSR count). The second kappa shape index (κ2) is 5.40. The number of benzene rings is 1. The number of hydrogen-bond acceptors (Lipinski definition) is 5. The maximum atomic E-state index is 5.50. The van der Waals surface area contributed by atoms with E-state index in [1.165, 1.54) is 11.1 Å². The Hall–Kier alpha value is -1.88. The van der Waals surface area contributed by atoms with E-state index in [1.54, 1.807) is 6.92 Å². The van der Waals surface area contributed by atoms with Crippen LogP contribution in [0.15, 0.2) is 22.7 Å². The quantitative estimate of drug-likeness (QED) is 0.827. The second-order valence-corrected chi connectivity index (χ2v) is 4.70. The van der Waals surface area contributed by atoms with Gasteiger partial charge in [0.05, 0.1) is 13.2 Å². The Kier molecular flexibility index (Phi) is 3.46. The molecule has 2 aromatic rings. The van der Waals surface area contributed by atoms with Gasteiger partial charge in [0.25, 0.3) is 0 Å². The monoisotopic (exact) mass is 259 g/mol. The van der Waals surface area contributed by atoms with Crippen LogP contribution in [0.1, 0.15) is 22.8 Å². The van der Waals surface area contributed by atoms with Gasteiger partial charge in [-0.3, -0.25) is 0 Å². The van der Waals surface area contributed by atoms with Crippen molar-refractivity contribution in [2.75, 3.05) is 13.2 Å². The average molecular weight is 259 g/mol. The lowest BCUT2D eigenvalue weighted by atomic mass is 10.1. The van der Waals surface area contributed by atoms with Crippen LogP contribution in [0.3, 0.4) is 0 Å². The minimum atomic E-state index is 0.607. The molecule has 100 valence electrons. The molecule has 1 aromatic heterocycles. The van der Waals surface area contributed by atoms with Gasteiger partial charge in [-0.2, -0.15) is 4.98 Å². The summed E-state index contributed by atoms with van der Waals surface area (Å²) in [6.45, 7) is 4.15. The molecule has 1 aliphatic rings. The largest absolute Gasteiger partial charge is 0.493 e. The normalized spacial score (nSPS) is 13.3. The molecule has 0 amide bonds. The SMILES string of the molecule is Cc1nc(CNCCc2ccc3c(c2)CCO3)no1. The molecule has 2 heterocycles. The molecule has 0 spiro atoms. The maximum Gasteiger partial charge on any atom is 0.223 e. The van der Waals surface area contributed by atoms with Crippen LogP contribution in [0.2, 0.25) is 0 Å². The van der Waals surface area contributed by atoms with Crippen molar-refractivity contribution in [1.29, 1.82) is 0 Å². The molecule has 19 heavy (non-hydrogen) atoms. The molecule has 0 radical (unpaired) electrons. The first-order valence-corrected chi connectivity index (χ1v) is 6.56. The van der Waals surface area contributed by atoms with E-state index in [9.17, 15) is 0 Å². The summed E-state index contributed by atoms with van der Waals surface area (Å²) in [7, 11) is 0. The third-order valence-electron chi connectivity index (χ3n) is 3.20. The fourth-order valence-corrected chi connectivity index (χ4v) is 2.24. The lowest BCUT2D eigenvalue weighted by Gasteiger charge is -2.05. The lowest BCUT2D eigenvalue weighted by molar-refractivity contribution is 0.357. The summed E-state index contributed by atoms with van der Waals surface area (Å²) >= 11 is 0. The standard InChI is InChI=1S/C14H17N3O2/c1-10-16-14(17-19-10)9-15-6-4-11-2-3-13-12(8-11)5-7-18-13/h2-3,8,15H,4-7,9H2,1H3. The van der Waals surface area contributed by atoms with Crippen molar-refractivity contribution in [3.63, 3.8) is 0 Å². The first-order valence-electron chi connectivity index (χ1n) is 6.56. The molecular weight excluding hydrogens is 242 g/mol. The van der Waals surface area contributed by atoms with Gasteiger partial charge in [0.1, 0.15) is 5.75 Å². The van der Waals surface area contributed by atoms with Gasteiger partial charge < -0.3 is 14.6 Å². The van der Waals surface area contributed by atoms with E-state index in [0.717, 1.165) is 31.7 Å². The Morgan fingerprint density at radius 2 is 2.32 bits per heavy atom. The van der Waals surface area contributed by atoms with E-state index >= 15 is 0 Å². The molecule has 5 heteroatoms. The van der Waals surface area contributed by atoms with Gasteiger partial charge in [0.2, 0.25) is 5.89 Å². The Morgan fingerprint density at radius 3 is 3.16 bits per heavy atom. The van der Waals surface area contributed by atoms with E-state index in [0.29, 0.717) is 18.3 Å². The number of nitrogens with zero attached hydrogens (tertiary/aromatic N) is 2. The average Bonchev–Trinajstić information content (AvgIpc) is 3.03. The first kappa shape index (κ1) is 12.2. The highest BCUT2D eigenvalue weighted by Crippen LogP contribution is 2.25. The van der Waals surface area contributed by atoms with Crippen molar-refractivity contribution in [3.05, 3.63) is 41.0 Å². The number of nitrogens with one attached hydrogen (secondary N) is 1. The third kappa shape index (κ3) is 2.93. The molecule has 0 unspecified atom stereocenters. The molecule has 0 aliphatic carbocycles. The van der Waals surface area contributed by atoms with Crippen LogP contribution >= 0.6 is 0 Å². The van der Waals surface area contributed by atoms with Gasteiger partial charge in [-0.05, 0) is 30.2 Å². The Bertz CT molecular complexity index is 566. The van der Waals surface area contributed by atoms with Crippen LogP contribution in [0.25, 0.3) is 0 Å². The van der Waals surface area contributed by atoms with Crippen LogP contribution in [0, 0.1) is 6.92 Å². The van der Waals surface area contributed by atoms with Crippen LogP contribution in [-0.2, 0) is 19.4 Å². The van der Waals surface area contributed by atoms with Crippen LogP contribution in [0.4, 0.5) is 0 Å². The number of fused-ring (bicyclic) bond motifs is 1. The first-order chi connectivity index (χ1) is 9.31. The zero-order chi connectivity index (χ0) is 13.1. The molecule has 5 nitrogen and oxygen atoms in total. The predicted octanol–water partition coefficient (Wildman–Crippen LogP) is 1.65. The molecular formula is C14H17N3O2. The van der Waals surface area contributed by atoms with Crippen molar-refractivity contribution >= 4 is 0 Å². The van der Waals surface area contributed by atoms with Crippen molar-refractivity contribution in [2.24, 2.45) is 0 Å². The summed E-state index contributed by atoms with van der Waals surface area (Å²) in [6, 6.07) is 6.44. The molecule has 0 atom stereocenters. The maximum absolute atomic E-state index is 5.50. The fourth-order valence-electron chi connectivity index (χ4n) is 2.24. The molecule has 0 saturated carbocycles. The lowest BCUT2D eigenvalue weighted by Crippen LogP contribution is -2.17. The van der Waals surface area contributed by atoms with Gasteiger partial charge in [0, 0.05) is 13.3 Å². The van der Waals surface area contributed by atoms with Crippen LogP contribution < -0.4 is 10.1 Å². The van der Waals surface area contributed by atoms with Gasteiger partial charge in [0.15, 0.2) is 5.82 Å². The Balaban J connectivity index is 1.47. The Labute approximate surface area is 112 Å². The Morgan fingerprint density at radius 1 is 1.37 bits per heavy atom. The van der Waals surface area contributed by atoms with E-state index < -0.39 is 0 Å². The minimum Gasteiger partial charge on any atom is -0.493 e. The highest BCUT2D eigenvalue weighted by Gasteiger charge is 2.11. The van der Waals surface area contributed by atoms with Crippen molar-refractivity contribution in [2.45, 2.75) is 26.3 Å². The second-order valence-electron chi connectivity index (χ2n) is 4.70. The summed E-state index contributed by atoms with van der Waals surface area (Å²) < 4.78 is 10.4. The van der Waals surface area contributed by atoms with Gasteiger partial charge >= 0.3 is 0 Å². The van der Waals surface area contributed by atoms with E-state index in [-0.39, 0.29) is 0 Å².